The summed E-state index contributed by atoms with van der Waals surface area (Å²) in [6.45, 7) is 3.31. The fourth-order valence-corrected chi connectivity index (χ4v) is 3.68. The van der Waals surface area contributed by atoms with Gasteiger partial charge in [-0.1, -0.05) is 60.7 Å². The van der Waals surface area contributed by atoms with Gasteiger partial charge in [-0.2, -0.15) is 0 Å². The van der Waals surface area contributed by atoms with E-state index in [2.05, 4.69) is 70.9 Å². The third-order valence-corrected chi connectivity index (χ3v) is 5.06. The molecule has 1 aliphatic heterocycles. The maximum Gasteiger partial charge on any atom is 0.0450 e. The number of benzene rings is 2. The van der Waals surface area contributed by atoms with Gasteiger partial charge in [0.05, 0.1) is 0 Å². The van der Waals surface area contributed by atoms with E-state index in [0.29, 0.717) is 12.1 Å². The van der Waals surface area contributed by atoms with Gasteiger partial charge in [-0.15, -0.1) is 0 Å². The normalized spacial score (nSPS) is 26.0. The lowest BCUT2D eigenvalue weighted by molar-refractivity contribution is 0.107. The average molecular weight is 292 g/mol. The Morgan fingerprint density at radius 1 is 0.909 bits per heavy atom. The lowest BCUT2D eigenvalue weighted by atomic mass is 9.99. The van der Waals surface area contributed by atoms with Crippen molar-refractivity contribution in [2.75, 3.05) is 13.1 Å². The fourth-order valence-electron chi connectivity index (χ4n) is 3.68. The van der Waals surface area contributed by atoms with Crippen molar-refractivity contribution in [1.29, 1.82) is 0 Å². The zero-order valence-electron chi connectivity index (χ0n) is 13.0. The van der Waals surface area contributed by atoms with Gasteiger partial charge in [0, 0.05) is 31.7 Å². The molecule has 1 heterocycles. The maximum atomic E-state index is 3.78. The van der Waals surface area contributed by atoms with Crippen LogP contribution in [0.25, 0.3) is 0 Å². The highest BCUT2D eigenvalue weighted by Gasteiger charge is 2.38. The summed E-state index contributed by atoms with van der Waals surface area (Å²) in [5.74, 6) is 0.910. The van der Waals surface area contributed by atoms with E-state index in [1.54, 1.807) is 0 Å². The van der Waals surface area contributed by atoms with Crippen LogP contribution < -0.4 is 5.32 Å². The van der Waals surface area contributed by atoms with Crippen LogP contribution in [0.15, 0.2) is 60.7 Å². The van der Waals surface area contributed by atoms with Crippen molar-refractivity contribution in [3.05, 3.63) is 71.8 Å². The number of rotatable bonds is 4. The van der Waals surface area contributed by atoms with E-state index in [1.807, 2.05) is 0 Å². The second kappa shape index (κ2) is 6.23. The first-order valence-electron chi connectivity index (χ1n) is 8.46. The molecule has 2 atom stereocenters. The molecule has 0 aromatic heterocycles. The van der Waals surface area contributed by atoms with Crippen molar-refractivity contribution in [2.24, 2.45) is 5.92 Å². The second-order valence-electron chi connectivity index (χ2n) is 6.69. The monoisotopic (exact) mass is 292 g/mol. The topological polar surface area (TPSA) is 15.3 Å². The molecular formula is C20H24N2. The Balaban J connectivity index is 1.52. The molecule has 1 aliphatic carbocycles. The van der Waals surface area contributed by atoms with E-state index in [4.69, 9.17) is 0 Å². The summed E-state index contributed by atoms with van der Waals surface area (Å²) in [6, 6.07) is 23.0. The predicted molar refractivity (Wildman–Crippen MR) is 90.5 cm³/mol. The van der Waals surface area contributed by atoms with Gasteiger partial charge in [0.15, 0.2) is 0 Å². The van der Waals surface area contributed by atoms with Gasteiger partial charge in [0.1, 0.15) is 0 Å². The van der Waals surface area contributed by atoms with Crippen molar-refractivity contribution in [1.82, 2.24) is 10.2 Å². The molecule has 2 aromatic carbocycles. The van der Waals surface area contributed by atoms with Crippen molar-refractivity contribution in [3.63, 3.8) is 0 Å². The molecule has 22 heavy (non-hydrogen) atoms. The minimum atomic E-state index is 0.458. The van der Waals surface area contributed by atoms with Gasteiger partial charge in [0.25, 0.3) is 0 Å². The second-order valence-corrected chi connectivity index (χ2v) is 6.69. The summed E-state index contributed by atoms with van der Waals surface area (Å²) in [5.41, 5.74) is 2.84. The molecule has 1 N–H and O–H groups in total. The summed E-state index contributed by atoms with van der Waals surface area (Å²) >= 11 is 0. The lowest BCUT2D eigenvalue weighted by Gasteiger charge is -2.41. The molecule has 2 unspecified atom stereocenters. The van der Waals surface area contributed by atoms with Crippen LogP contribution in [0.2, 0.25) is 0 Å². The van der Waals surface area contributed by atoms with Crippen molar-refractivity contribution in [2.45, 2.75) is 31.5 Å². The number of nitrogens with one attached hydrogen (secondary N) is 1. The van der Waals surface area contributed by atoms with Crippen molar-refractivity contribution < 1.29 is 0 Å². The third kappa shape index (κ3) is 3.08. The van der Waals surface area contributed by atoms with Crippen LogP contribution in [0.5, 0.6) is 0 Å². The van der Waals surface area contributed by atoms with Gasteiger partial charge in [-0.05, 0) is 29.9 Å². The van der Waals surface area contributed by atoms with Gasteiger partial charge in [-0.3, -0.25) is 4.90 Å². The molecule has 4 rings (SSSR count). The van der Waals surface area contributed by atoms with Gasteiger partial charge in [0.2, 0.25) is 0 Å². The Labute approximate surface area is 133 Å². The van der Waals surface area contributed by atoms with Crippen LogP contribution in [0.1, 0.15) is 30.0 Å². The standard InChI is InChI=1S/C20H24N2/c1-3-7-16(8-4-1)14-22-15-19(17-9-5-2-6-10-17)21-13-20(22)18-11-12-18/h1-10,18-21H,11-15H2. The molecule has 2 nitrogen and oxygen atoms in total. The van der Waals surface area contributed by atoms with Crippen LogP contribution in [0.3, 0.4) is 0 Å². The summed E-state index contributed by atoms with van der Waals surface area (Å²) in [7, 11) is 0. The van der Waals surface area contributed by atoms with E-state index in [-0.39, 0.29) is 0 Å². The zero-order chi connectivity index (χ0) is 14.8. The van der Waals surface area contributed by atoms with Crippen LogP contribution in [-0.2, 0) is 6.54 Å². The van der Waals surface area contributed by atoms with Gasteiger partial charge < -0.3 is 5.32 Å². The maximum absolute atomic E-state index is 3.78. The van der Waals surface area contributed by atoms with E-state index < -0.39 is 0 Å². The lowest BCUT2D eigenvalue weighted by Crippen LogP contribution is -2.53. The fraction of sp³-hybridized carbons (Fsp3) is 0.400. The molecule has 2 aromatic rings. The molecule has 1 saturated heterocycles. The van der Waals surface area contributed by atoms with Crippen molar-refractivity contribution >= 4 is 0 Å². The molecular weight excluding hydrogens is 268 g/mol. The largest absolute Gasteiger partial charge is 0.307 e. The van der Waals surface area contributed by atoms with E-state index in [1.165, 1.54) is 24.0 Å². The molecule has 0 bridgehead atoms. The quantitative estimate of drug-likeness (QED) is 0.926. The minimum Gasteiger partial charge on any atom is -0.307 e. The molecule has 2 aliphatic rings. The highest BCUT2D eigenvalue weighted by atomic mass is 15.2. The Morgan fingerprint density at radius 3 is 2.27 bits per heavy atom. The summed E-state index contributed by atoms with van der Waals surface area (Å²) in [6.07, 6.45) is 2.82. The molecule has 2 heteroatoms. The van der Waals surface area contributed by atoms with E-state index in [0.717, 1.165) is 25.6 Å². The van der Waals surface area contributed by atoms with Crippen LogP contribution in [-0.4, -0.2) is 24.0 Å². The highest BCUT2D eigenvalue weighted by Crippen LogP contribution is 2.38. The van der Waals surface area contributed by atoms with Gasteiger partial charge >= 0.3 is 0 Å². The SMILES string of the molecule is c1ccc(CN2CC(c3ccccc3)NCC2C2CC2)cc1. The number of piperazine rings is 1. The van der Waals surface area contributed by atoms with Gasteiger partial charge in [-0.25, -0.2) is 0 Å². The van der Waals surface area contributed by atoms with Crippen molar-refractivity contribution in [3.8, 4) is 0 Å². The van der Waals surface area contributed by atoms with Crippen LogP contribution >= 0.6 is 0 Å². The summed E-state index contributed by atoms with van der Waals surface area (Å²) in [4.78, 5) is 2.71. The molecule has 2 fully saturated rings. The Morgan fingerprint density at radius 2 is 1.59 bits per heavy atom. The zero-order valence-corrected chi connectivity index (χ0v) is 13.0. The Kier molecular flexibility index (Phi) is 3.96. The molecule has 114 valence electrons. The van der Waals surface area contributed by atoms with Crippen LogP contribution in [0, 0.1) is 5.92 Å². The molecule has 0 amide bonds. The first kappa shape index (κ1) is 14.0. The number of hydrogen-bond donors (Lipinski definition) is 1. The molecule has 0 spiro atoms. The van der Waals surface area contributed by atoms with E-state index in [9.17, 15) is 0 Å². The smallest absolute Gasteiger partial charge is 0.0450 e. The summed E-state index contributed by atoms with van der Waals surface area (Å²) < 4.78 is 0. The Hall–Kier alpha value is -1.64. The molecule has 0 radical (unpaired) electrons. The predicted octanol–water partition coefficient (Wildman–Crippen LogP) is 3.61. The Bertz CT molecular complexity index is 592. The highest BCUT2D eigenvalue weighted by molar-refractivity contribution is 5.21. The summed E-state index contributed by atoms with van der Waals surface area (Å²) in [5, 5.41) is 3.78. The average Bonchev–Trinajstić information content (AvgIpc) is 3.41. The number of nitrogens with zero attached hydrogens (tertiary/aromatic N) is 1. The van der Waals surface area contributed by atoms with E-state index >= 15 is 0 Å². The number of hydrogen-bond acceptors (Lipinski definition) is 2. The third-order valence-electron chi connectivity index (χ3n) is 5.06. The first-order valence-corrected chi connectivity index (χ1v) is 8.46. The minimum absolute atomic E-state index is 0.458. The first-order chi connectivity index (χ1) is 10.9. The van der Waals surface area contributed by atoms with Crippen LogP contribution in [0.4, 0.5) is 0 Å². The molecule has 1 saturated carbocycles.